The minimum Gasteiger partial charge on any atom is -0.492 e. The van der Waals surface area contributed by atoms with Gasteiger partial charge in [-0.25, -0.2) is 8.42 Å². The van der Waals surface area contributed by atoms with Gasteiger partial charge in [-0.3, -0.25) is 4.79 Å². The van der Waals surface area contributed by atoms with Crippen molar-refractivity contribution in [2.24, 2.45) is 5.92 Å². The summed E-state index contributed by atoms with van der Waals surface area (Å²) in [5.41, 5.74) is 1.14. The second-order valence-corrected chi connectivity index (χ2v) is 8.32. The number of carbonyl (C=O) groups is 1. The lowest BCUT2D eigenvalue weighted by Crippen LogP contribution is -2.50. The summed E-state index contributed by atoms with van der Waals surface area (Å²) in [4.78, 5) is 12.6. The number of benzene rings is 2. The maximum Gasteiger partial charge on any atom is 0.241 e. The largest absolute Gasteiger partial charge is 0.492 e. The summed E-state index contributed by atoms with van der Waals surface area (Å²) in [6.07, 6.45) is 0. The van der Waals surface area contributed by atoms with Crippen LogP contribution in [0.5, 0.6) is 5.75 Å². The van der Waals surface area contributed by atoms with Crippen molar-refractivity contribution in [1.29, 1.82) is 0 Å². The van der Waals surface area contributed by atoms with E-state index >= 15 is 0 Å². The molecule has 2 aromatic rings. The number of aryl methyl sites for hydroxylation is 1. The molecule has 0 saturated carbocycles. The van der Waals surface area contributed by atoms with E-state index in [-0.39, 0.29) is 23.3 Å². The Balaban J connectivity index is 1.90. The van der Waals surface area contributed by atoms with Gasteiger partial charge in [-0.2, -0.15) is 4.72 Å². The molecule has 0 aromatic heterocycles. The SMILES string of the molecule is Cc1ccc(OCCNC(=O)[C@@H](NS(=O)(=O)c2ccccc2)C(C)C)cc1. The van der Waals surface area contributed by atoms with Crippen molar-refractivity contribution in [2.45, 2.75) is 31.7 Å². The molecule has 2 aromatic carbocycles. The highest BCUT2D eigenvalue weighted by Crippen LogP contribution is 2.12. The number of carbonyl (C=O) groups excluding carboxylic acids is 1. The van der Waals surface area contributed by atoms with Crippen molar-refractivity contribution in [2.75, 3.05) is 13.2 Å². The van der Waals surface area contributed by atoms with Gasteiger partial charge >= 0.3 is 0 Å². The minimum atomic E-state index is -3.77. The predicted molar refractivity (Wildman–Crippen MR) is 105 cm³/mol. The maximum atomic E-state index is 12.5. The summed E-state index contributed by atoms with van der Waals surface area (Å²) in [5.74, 6) is 0.138. The zero-order valence-corrected chi connectivity index (χ0v) is 16.6. The van der Waals surface area contributed by atoms with Gasteiger partial charge < -0.3 is 10.1 Å². The molecule has 1 atom stereocenters. The summed E-state index contributed by atoms with van der Waals surface area (Å²) < 4.78 is 33.0. The van der Waals surface area contributed by atoms with Gasteiger partial charge in [0, 0.05) is 0 Å². The standard InChI is InChI=1S/C20H26N2O4S/c1-15(2)19(22-27(24,25)18-7-5-4-6-8-18)20(23)21-13-14-26-17-11-9-16(3)10-12-17/h4-12,15,19,22H,13-14H2,1-3H3,(H,21,23)/t19-/m0/s1. The molecule has 0 unspecified atom stereocenters. The topological polar surface area (TPSA) is 84.5 Å². The van der Waals surface area contributed by atoms with Crippen LogP contribution >= 0.6 is 0 Å². The summed E-state index contributed by atoms with van der Waals surface area (Å²) in [6.45, 7) is 6.15. The van der Waals surface area contributed by atoms with Crippen LogP contribution in [0.1, 0.15) is 19.4 Å². The lowest BCUT2D eigenvalue weighted by Gasteiger charge is -2.21. The summed E-state index contributed by atoms with van der Waals surface area (Å²) in [6, 6.07) is 14.8. The molecule has 1 amide bonds. The Hall–Kier alpha value is -2.38. The van der Waals surface area contributed by atoms with Crippen LogP contribution in [-0.4, -0.2) is 33.5 Å². The van der Waals surface area contributed by atoms with Crippen LogP contribution in [-0.2, 0) is 14.8 Å². The second kappa shape index (κ2) is 9.53. The molecule has 27 heavy (non-hydrogen) atoms. The van der Waals surface area contributed by atoms with Gasteiger partial charge in [0.1, 0.15) is 18.4 Å². The molecular formula is C20H26N2O4S. The molecule has 7 heteroatoms. The minimum absolute atomic E-state index is 0.131. The van der Waals surface area contributed by atoms with E-state index in [1.807, 2.05) is 31.2 Å². The Bertz CT molecular complexity index is 834. The Morgan fingerprint density at radius 2 is 1.67 bits per heavy atom. The van der Waals surface area contributed by atoms with Crippen LogP contribution in [0.3, 0.4) is 0 Å². The monoisotopic (exact) mass is 390 g/mol. The van der Waals surface area contributed by atoms with Crippen LogP contribution < -0.4 is 14.8 Å². The molecule has 0 aliphatic heterocycles. The first-order valence-corrected chi connectivity index (χ1v) is 10.3. The molecule has 0 bridgehead atoms. The fourth-order valence-corrected chi connectivity index (χ4v) is 3.78. The van der Waals surface area contributed by atoms with E-state index in [0.29, 0.717) is 6.61 Å². The number of sulfonamides is 1. The normalized spacial score (nSPS) is 12.6. The van der Waals surface area contributed by atoms with E-state index in [4.69, 9.17) is 4.74 Å². The fourth-order valence-electron chi connectivity index (χ4n) is 2.41. The Labute approximate surface area is 161 Å². The number of ether oxygens (including phenoxy) is 1. The first kappa shape index (κ1) is 20.9. The quantitative estimate of drug-likeness (QED) is 0.644. The molecular weight excluding hydrogens is 364 g/mol. The fraction of sp³-hybridized carbons (Fsp3) is 0.350. The van der Waals surface area contributed by atoms with E-state index < -0.39 is 16.1 Å². The third kappa shape index (κ3) is 6.37. The van der Waals surface area contributed by atoms with E-state index in [1.54, 1.807) is 32.0 Å². The smallest absolute Gasteiger partial charge is 0.241 e. The van der Waals surface area contributed by atoms with Crippen LogP contribution in [0.15, 0.2) is 59.5 Å². The highest BCUT2D eigenvalue weighted by molar-refractivity contribution is 7.89. The summed E-state index contributed by atoms with van der Waals surface area (Å²) in [7, 11) is -3.77. The van der Waals surface area contributed by atoms with Crippen molar-refractivity contribution >= 4 is 15.9 Å². The number of hydrogen-bond donors (Lipinski definition) is 2. The third-order valence-corrected chi connectivity index (χ3v) is 5.43. The van der Waals surface area contributed by atoms with Crippen molar-refractivity contribution in [3.63, 3.8) is 0 Å². The lowest BCUT2D eigenvalue weighted by atomic mass is 10.1. The molecule has 0 fully saturated rings. The molecule has 0 spiro atoms. The molecule has 0 radical (unpaired) electrons. The second-order valence-electron chi connectivity index (χ2n) is 6.61. The number of amides is 1. The number of hydrogen-bond acceptors (Lipinski definition) is 4. The van der Waals surface area contributed by atoms with Crippen LogP contribution in [0.2, 0.25) is 0 Å². The molecule has 0 aliphatic carbocycles. The van der Waals surface area contributed by atoms with Crippen molar-refractivity contribution in [3.05, 3.63) is 60.2 Å². The van der Waals surface area contributed by atoms with E-state index in [1.165, 1.54) is 12.1 Å². The Morgan fingerprint density at radius 1 is 1.04 bits per heavy atom. The molecule has 6 nitrogen and oxygen atoms in total. The third-order valence-electron chi connectivity index (χ3n) is 3.98. The van der Waals surface area contributed by atoms with Gasteiger partial charge in [0.25, 0.3) is 0 Å². The van der Waals surface area contributed by atoms with Gasteiger partial charge in [-0.15, -0.1) is 0 Å². The van der Waals surface area contributed by atoms with Crippen molar-refractivity contribution < 1.29 is 17.9 Å². The average molecular weight is 391 g/mol. The molecule has 0 saturated heterocycles. The zero-order chi connectivity index (χ0) is 19.9. The maximum absolute atomic E-state index is 12.5. The zero-order valence-electron chi connectivity index (χ0n) is 15.8. The molecule has 2 N–H and O–H groups in total. The van der Waals surface area contributed by atoms with Crippen molar-refractivity contribution in [3.8, 4) is 5.75 Å². The van der Waals surface area contributed by atoms with Gasteiger partial charge in [0.15, 0.2) is 0 Å². The first-order chi connectivity index (χ1) is 12.8. The molecule has 0 aliphatic rings. The van der Waals surface area contributed by atoms with E-state index in [9.17, 15) is 13.2 Å². The Kier molecular flexibility index (Phi) is 7.38. The highest BCUT2D eigenvalue weighted by Gasteiger charge is 2.28. The van der Waals surface area contributed by atoms with Gasteiger partial charge in [-0.05, 0) is 37.1 Å². The van der Waals surface area contributed by atoms with Gasteiger partial charge in [0.05, 0.1) is 11.4 Å². The Morgan fingerprint density at radius 3 is 2.26 bits per heavy atom. The van der Waals surface area contributed by atoms with Gasteiger partial charge in [-0.1, -0.05) is 49.7 Å². The molecule has 0 heterocycles. The number of rotatable bonds is 9. The van der Waals surface area contributed by atoms with Crippen LogP contribution in [0.4, 0.5) is 0 Å². The first-order valence-electron chi connectivity index (χ1n) is 8.84. The highest BCUT2D eigenvalue weighted by atomic mass is 32.2. The van der Waals surface area contributed by atoms with Gasteiger partial charge in [0.2, 0.25) is 15.9 Å². The summed E-state index contributed by atoms with van der Waals surface area (Å²) in [5, 5.41) is 2.73. The summed E-state index contributed by atoms with van der Waals surface area (Å²) >= 11 is 0. The predicted octanol–water partition coefficient (Wildman–Crippen LogP) is 2.49. The average Bonchev–Trinajstić information content (AvgIpc) is 2.65. The van der Waals surface area contributed by atoms with Crippen LogP contribution in [0, 0.1) is 12.8 Å². The van der Waals surface area contributed by atoms with E-state index in [0.717, 1.165) is 11.3 Å². The molecule has 146 valence electrons. The van der Waals surface area contributed by atoms with E-state index in [2.05, 4.69) is 10.0 Å². The molecule has 2 rings (SSSR count). The number of nitrogens with one attached hydrogen (secondary N) is 2. The van der Waals surface area contributed by atoms with Crippen molar-refractivity contribution in [1.82, 2.24) is 10.0 Å². The van der Waals surface area contributed by atoms with Crippen LogP contribution in [0.25, 0.3) is 0 Å². The lowest BCUT2D eigenvalue weighted by molar-refractivity contribution is -0.123.